The first kappa shape index (κ1) is 19.4. The van der Waals surface area contributed by atoms with Gasteiger partial charge in [0.25, 0.3) is 0 Å². The zero-order chi connectivity index (χ0) is 19.3. The SMILES string of the molecule is C=CCN1C(=O)C(=O)N(CC(=O)NC(CC(C)C)c2ccccc2)C1=O. The van der Waals surface area contributed by atoms with Crippen LogP contribution in [0.3, 0.4) is 0 Å². The van der Waals surface area contributed by atoms with Gasteiger partial charge in [-0.25, -0.2) is 9.69 Å². The third kappa shape index (κ3) is 4.36. The second-order valence-electron chi connectivity index (χ2n) is 6.54. The number of imide groups is 2. The lowest BCUT2D eigenvalue weighted by molar-refractivity contribution is -0.143. The van der Waals surface area contributed by atoms with Crippen molar-refractivity contribution in [3.8, 4) is 0 Å². The summed E-state index contributed by atoms with van der Waals surface area (Å²) >= 11 is 0. The van der Waals surface area contributed by atoms with Crippen LogP contribution in [0.25, 0.3) is 0 Å². The minimum atomic E-state index is -0.993. The number of urea groups is 1. The largest absolute Gasteiger partial charge is 0.348 e. The van der Waals surface area contributed by atoms with Crippen LogP contribution in [0.2, 0.25) is 0 Å². The number of nitrogens with one attached hydrogen (secondary N) is 1. The first-order valence-corrected chi connectivity index (χ1v) is 8.47. The molecule has 7 heteroatoms. The maximum absolute atomic E-state index is 12.4. The zero-order valence-corrected chi connectivity index (χ0v) is 15.0. The predicted molar refractivity (Wildman–Crippen MR) is 95.8 cm³/mol. The first-order valence-electron chi connectivity index (χ1n) is 8.47. The van der Waals surface area contributed by atoms with Crippen LogP contribution in [0.5, 0.6) is 0 Å². The Bertz CT molecular complexity index is 715. The number of amides is 5. The van der Waals surface area contributed by atoms with Crippen molar-refractivity contribution < 1.29 is 19.2 Å². The molecule has 1 saturated heterocycles. The van der Waals surface area contributed by atoms with Gasteiger partial charge < -0.3 is 5.32 Å². The molecule has 1 unspecified atom stereocenters. The summed E-state index contributed by atoms with van der Waals surface area (Å²) in [5.74, 6) is -2.09. The number of rotatable bonds is 8. The number of carbonyl (C=O) groups is 4. The molecule has 0 radical (unpaired) electrons. The Morgan fingerprint density at radius 2 is 1.73 bits per heavy atom. The normalized spacial score (nSPS) is 15.6. The topological polar surface area (TPSA) is 86.8 Å². The van der Waals surface area contributed by atoms with Gasteiger partial charge in [0.2, 0.25) is 5.91 Å². The highest BCUT2D eigenvalue weighted by molar-refractivity contribution is 6.45. The molecular formula is C19H23N3O4. The van der Waals surface area contributed by atoms with Gasteiger partial charge in [0.1, 0.15) is 6.54 Å². The smallest absolute Gasteiger partial charge is 0.335 e. The van der Waals surface area contributed by atoms with E-state index >= 15 is 0 Å². The van der Waals surface area contributed by atoms with Crippen molar-refractivity contribution in [3.63, 3.8) is 0 Å². The predicted octanol–water partition coefficient (Wildman–Crippen LogP) is 1.87. The molecule has 5 amide bonds. The summed E-state index contributed by atoms with van der Waals surface area (Å²) in [7, 11) is 0. The molecule has 0 aliphatic carbocycles. The van der Waals surface area contributed by atoms with E-state index < -0.39 is 30.3 Å². The molecule has 0 saturated carbocycles. The minimum absolute atomic E-state index is 0.0679. The summed E-state index contributed by atoms with van der Waals surface area (Å²) < 4.78 is 0. The molecule has 1 aromatic rings. The Balaban J connectivity index is 2.08. The van der Waals surface area contributed by atoms with E-state index in [1.807, 2.05) is 44.2 Å². The summed E-state index contributed by atoms with van der Waals surface area (Å²) in [6.07, 6.45) is 2.06. The summed E-state index contributed by atoms with van der Waals surface area (Å²) in [6, 6.07) is 8.44. The lowest BCUT2D eigenvalue weighted by Crippen LogP contribution is -2.42. The molecule has 1 heterocycles. The molecule has 7 nitrogen and oxygen atoms in total. The van der Waals surface area contributed by atoms with Crippen molar-refractivity contribution in [2.24, 2.45) is 5.92 Å². The summed E-state index contributed by atoms with van der Waals surface area (Å²) in [5.41, 5.74) is 0.943. The Morgan fingerprint density at radius 3 is 2.31 bits per heavy atom. The Kier molecular flexibility index (Phi) is 6.27. The van der Waals surface area contributed by atoms with E-state index in [1.54, 1.807) is 0 Å². The molecule has 26 heavy (non-hydrogen) atoms. The molecule has 1 aliphatic heterocycles. The Hall–Kier alpha value is -2.96. The number of nitrogens with zero attached hydrogens (tertiary/aromatic N) is 2. The average molecular weight is 357 g/mol. The van der Waals surface area contributed by atoms with E-state index in [1.165, 1.54) is 6.08 Å². The van der Waals surface area contributed by atoms with Crippen LogP contribution in [0.4, 0.5) is 4.79 Å². The third-order valence-corrected chi connectivity index (χ3v) is 3.99. The zero-order valence-electron chi connectivity index (χ0n) is 15.0. The molecule has 138 valence electrons. The van der Waals surface area contributed by atoms with Gasteiger partial charge in [-0.2, -0.15) is 0 Å². The van der Waals surface area contributed by atoms with E-state index in [-0.39, 0.29) is 12.6 Å². The number of carbonyl (C=O) groups excluding carboxylic acids is 4. The van der Waals surface area contributed by atoms with Crippen LogP contribution in [-0.4, -0.2) is 46.6 Å². The van der Waals surface area contributed by atoms with Crippen LogP contribution >= 0.6 is 0 Å². The van der Waals surface area contributed by atoms with Gasteiger partial charge in [-0.05, 0) is 17.9 Å². The highest BCUT2D eigenvalue weighted by atomic mass is 16.2. The van der Waals surface area contributed by atoms with Gasteiger partial charge in [0, 0.05) is 6.54 Å². The minimum Gasteiger partial charge on any atom is -0.348 e. The molecular weight excluding hydrogens is 334 g/mol. The van der Waals surface area contributed by atoms with E-state index in [9.17, 15) is 19.2 Å². The molecule has 1 aliphatic rings. The van der Waals surface area contributed by atoms with Gasteiger partial charge in [-0.3, -0.25) is 19.3 Å². The van der Waals surface area contributed by atoms with Gasteiger partial charge >= 0.3 is 17.8 Å². The highest BCUT2D eigenvalue weighted by Crippen LogP contribution is 2.21. The van der Waals surface area contributed by atoms with Crippen LogP contribution in [0.15, 0.2) is 43.0 Å². The van der Waals surface area contributed by atoms with Crippen LogP contribution in [0.1, 0.15) is 31.9 Å². The van der Waals surface area contributed by atoms with Gasteiger partial charge in [-0.15, -0.1) is 6.58 Å². The van der Waals surface area contributed by atoms with Gasteiger partial charge in [0.15, 0.2) is 0 Å². The molecule has 2 rings (SSSR count). The van der Waals surface area contributed by atoms with E-state index in [0.717, 1.165) is 10.5 Å². The maximum Gasteiger partial charge on any atom is 0.335 e. The number of hydrogen-bond acceptors (Lipinski definition) is 4. The Labute approximate surface area is 152 Å². The van der Waals surface area contributed by atoms with E-state index in [2.05, 4.69) is 11.9 Å². The van der Waals surface area contributed by atoms with Crippen molar-refractivity contribution in [2.45, 2.75) is 26.3 Å². The lowest BCUT2D eigenvalue weighted by atomic mass is 9.97. The van der Waals surface area contributed by atoms with E-state index in [4.69, 9.17) is 0 Å². The quantitative estimate of drug-likeness (QED) is 0.437. The van der Waals surface area contributed by atoms with Crippen LogP contribution in [0, 0.1) is 5.92 Å². The second-order valence-corrected chi connectivity index (χ2v) is 6.54. The summed E-state index contributed by atoms with van der Waals surface area (Å²) in [5, 5.41) is 2.86. The third-order valence-electron chi connectivity index (χ3n) is 3.99. The fraction of sp³-hybridized carbons (Fsp3) is 0.368. The summed E-state index contributed by atoms with van der Waals surface area (Å²) in [4.78, 5) is 49.8. The molecule has 1 atom stereocenters. The Morgan fingerprint density at radius 1 is 1.12 bits per heavy atom. The molecule has 0 bridgehead atoms. The van der Waals surface area contributed by atoms with Crippen molar-refractivity contribution in [3.05, 3.63) is 48.6 Å². The van der Waals surface area contributed by atoms with Crippen LogP contribution in [-0.2, 0) is 14.4 Å². The maximum atomic E-state index is 12.4. The van der Waals surface area contributed by atoms with Crippen molar-refractivity contribution in [2.75, 3.05) is 13.1 Å². The number of benzene rings is 1. The molecule has 1 aromatic carbocycles. The van der Waals surface area contributed by atoms with Gasteiger partial charge in [-0.1, -0.05) is 50.3 Å². The van der Waals surface area contributed by atoms with Gasteiger partial charge in [0.05, 0.1) is 6.04 Å². The molecule has 1 fully saturated rings. The van der Waals surface area contributed by atoms with Crippen LogP contribution < -0.4 is 5.32 Å². The average Bonchev–Trinajstić information content (AvgIpc) is 2.80. The van der Waals surface area contributed by atoms with E-state index in [0.29, 0.717) is 17.2 Å². The fourth-order valence-corrected chi connectivity index (χ4v) is 2.80. The molecule has 1 N–H and O–H groups in total. The van der Waals surface area contributed by atoms with Crippen molar-refractivity contribution in [1.29, 1.82) is 0 Å². The van der Waals surface area contributed by atoms with Crippen molar-refractivity contribution in [1.82, 2.24) is 15.1 Å². The summed E-state index contributed by atoms with van der Waals surface area (Å²) in [6.45, 7) is 6.98. The first-order chi connectivity index (χ1) is 12.3. The monoisotopic (exact) mass is 357 g/mol. The fourth-order valence-electron chi connectivity index (χ4n) is 2.80. The molecule has 0 spiro atoms. The van der Waals surface area contributed by atoms with Crippen molar-refractivity contribution >= 4 is 23.8 Å². The molecule has 0 aromatic heterocycles. The lowest BCUT2D eigenvalue weighted by Gasteiger charge is -2.22. The second kappa shape index (κ2) is 8.42. The highest BCUT2D eigenvalue weighted by Gasteiger charge is 2.44. The number of hydrogen-bond donors (Lipinski definition) is 1. The standard InChI is InChI=1S/C19H23N3O4/c1-4-10-21-17(24)18(25)22(19(21)26)12-16(23)20-15(11-13(2)3)14-8-6-5-7-9-14/h4-9,13,15H,1,10-12H2,2-3H3,(H,20,23).